The minimum Gasteiger partial charge on any atom is -0.344 e. The van der Waals surface area contributed by atoms with Crippen LogP contribution < -0.4 is 5.32 Å². The van der Waals surface area contributed by atoms with Crippen molar-refractivity contribution in [1.29, 1.82) is 0 Å². The van der Waals surface area contributed by atoms with Crippen LogP contribution in [0.4, 0.5) is 10.1 Å². The van der Waals surface area contributed by atoms with Crippen LogP contribution in [0.2, 0.25) is 0 Å². The van der Waals surface area contributed by atoms with Gasteiger partial charge < -0.3 is 5.32 Å². The molecule has 0 unspecified atom stereocenters. The number of nitrogens with zero attached hydrogens (tertiary/aromatic N) is 1. The van der Waals surface area contributed by atoms with E-state index in [-0.39, 0.29) is 5.82 Å². The predicted molar refractivity (Wildman–Crippen MR) is 60.9 cm³/mol. The molecule has 1 aromatic carbocycles. The largest absolute Gasteiger partial charge is 0.344 e. The molecule has 3 heteroatoms. The second kappa shape index (κ2) is 4.43. The fourth-order valence-electron chi connectivity index (χ4n) is 1.72. The molecule has 80 valence electrons. The lowest BCUT2D eigenvalue weighted by Crippen LogP contribution is -2.16. The third-order valence-electron chi connectivity index (χ3n) is 2.59. The van der Waals surface area contributed by atoms with Gasteiger partial charge in [0.15, 0.2) is 0 Å². The number of aryl methyl sites for hydroxylation is 1. The van der Waals surface area contributed by atoms with Gasteiger partial charge in [0.2, 0.25) is 0 Å². The van der Waals surface area contributed by atoms with Crippen molar-refractivity contribution in [2.24, 2.45) is 4.99 Å². The van der Waals surface area contributed by atoms with E-state index in [0.717, 1.165) is 30.1 Å². The van der Waals surface area contributed by atoms with E-state index in [1.165, 1.54) is 25.0 Å². The topological polar surface area (TPSA) is 24.4 Å². The Morgan fingerprint density at radius 2 is 2.20 bits per heavy atom. The fourth-order valence-corrected chi connectivity index (χ4v) is 1.72. The van der Waals surface area contributed by atoms with Crippen molar-refractivity contribution in [2.45, 2.75) is 26.2 Å². The van der Waals surface area contributed by atoms with Crippen molar-refractivity contribution in [3.05, 3.63) is 29.6 Å². The number of benzene rings is 1. The molecule has 2 rings (SSSR count). The number of nitrogens with one attached hydrogen (secondary N) is 1. The van der Waals surface area contributed by atoms with Crippen molar-refractivity contribution in [3.8, 4) is 0 Å². The second-order valence-electron chi connectivity index (χ2n) is 3.87. The quantitative estimate of drug-likeness (QED) is 0.750. The molecule has 1 aromatic rings. The molecule has 0 atom stereocenters. The summed E-state index contributed by atoms with van der Waals surface area (Å²) in [7, 11) is 0. The van der Waals surface area contributed by atoms with Crippen LogP contribution in [-0.4, -0.2) is 12.4 Å². The highest BCUT2D eigenvalue weighted by Gasteiger charge is 2.06. The first-order chi connectivity index (χ1) is 7.25. The Hall–Kier alpha value is -1.38. The molecule has 1 N–H and O–H groups in total. The number of halogens is 1. The van der Waals surface area contributed by atoms with Gasteiger partial charge in [-0.15, -0.1) is 0 Å². The van der Waals surface area contributed by atoms with Gasteiger partial charge in [-0.25, -0.2) is 4.39 Å². The van der Waals surface area contributed by atoms with Gasteiger partial charge >= 0.3 is 0 Å². The average Bonchev–Trinajstić information content (AvgIpc) is 2.24. The highest BCUT2D eigenvalue weighted by molar-refractivity contribution is 5.96. The maximum atomic E-state index is 12.9. The second-order valence-corrected chi connectivity index (χ2v) is 3.87. The van der Waals surface area contributed by atoms with E-state index in [2.05, 4.69) is 10.3 Å². The smallest absolute Gasteiger partial charge is 0.123 e. The molecule has 0 saturated carbocycles. The number of amidine groups is 1. The Balaban J connectivity index is 2.13. The minimum atomic E-state index is -0.191. The number of hydrogen-bond acceptors (Lipinski definition) is 2. The fraction of sp³-hybridized carbons (Fsp3) is 0.417. The molecule has 2 nitrogen and oxygen atoms in total. The summed E-state index contributed by atoms with van der Waals surface area (Å²) in [6.07, 6.45) is 3.36. The van der Waals surface area contributed by atoms with Gasteiger partial charge in [0.1, 0.15) is 11.7 Å². The first-order valence-corrected chi connectivity index (χ1v) is 5.32. The van der Waals surface area contributed by atoms with Crippen LogP contribution in [0.15, 0.2) is 23.2 Å². The third kappa shape index (κ3) is 2.55. The Morgan fingerprint density at radius 1 is 1.33 bits per heavy atom. The van der Waals surface area contributed by atoms with Crippen LogP contribution >= 0.6 is 0 Å². The summed E-state index contributed by atoms with van der Waals surface area (Å²) in [5.74, 6) is 0.833. The Labute approximate surface area is 89.2 Å². The van der Waals surface area contributed by atoms with Gasteiger partial charge in [-0.1, -0.05) is 0 Å². The average molecular weight is 206 g/mol. The van der Waals surface area contributed by atoms with E-state index in [1.807, 2.05) is 6.92 Å². The van der Waals surface area contributed by atoms with Gasteiger partial charge in [0.05, 0.1) is 0 Å². The zero-order chi connectivity index (χ0) is 10.7. The van der Waals surface area contributed by atoms with Gasteiger partial charge in [0.25, 0.3) is 0 Å². The Kier molecular flexibility index (Phi) is 2.99. The number of aliphatic imine (C=N–C) groups is 1. The number of hydrogen-bond donors (Lipinski definition) is 1. The Morgan fingerprint density at radius 3 is 2.87 bits per heavy atom. The number of rotatable bonds is 1. The molecule has 1 aliphatic rings. The Bertz CT molecular complexity index is 385. The minimum absolute atomic E-state index is 0.191. The van der Waals surface area contributed by atoms with Crippen molar-refractivity contribution < 1.29 is 4.39 Å². The van der Waals surface area contributed by atoms with E-state index in [0.29, 0.717) is 0 Å². The summed E-state index contributed by atoms with van der Waals surface area (Å²) in [5, 5.41) is 3.26. The van der Waals surface area contributed by atoms with Crippen LogP contribution in [0.3, 0.4) is 0 Å². The summed E-state index contributed by atoms with van der Waals surface area (Å²) in [6.45, 7) is 2.80. The zero-order valence-corrected chi connectivity index (χ0v) is 8.89. The molecule has 0 saturated heterocycles. The maximum Gasteiger partial charge on any atom is 0.123 e. The van der Waals surface area contributed by atoms with Crippen LogP contribution in [0, 0.1) is 12.7 Å². The monoisotopic (exact) mass is 206 g/mol. The first kappa shape index (κ1) is 10.1. The van der Waals surface area contributed by atoms with E-state index in [1.54, 1.807) is 6.07 Å². The molecular weight excluding hydrogens is 191 g/mol. The van der Waals surface area contributed by atoms with E-state index in [9.17, 15) is 4.39 Å². The van der Waals surface area contributed by atoms with Gasteiger partial charge in [-0.2, -0.15) is 0 Å². The zero-order valence-electron chi connectivity index (χ0n) is 8.89. The lowest BCUT2D eigenvalue weighted by Gasteiger charge is -2.15. The summed E-state index contributed by atoms with van der Waals surface area (Å²) < 4.78 is 12.9. The van der Waals surface area contributed by atoms with Crippen molar-refractivity contribution in [3.63, 3.8) is 0 Å². The normalized spacial score (nSPS) is 16.0. The summed E-state index contributed by atoms with van der Waals surface area (Å²) in [6, 6.07) is 4.77. The van der Waals surface area contributed by atoms with Crippen LogP contribution in [-0.2, 0) is 0 Å². The van der Waals surface area contributed by atoms with Crippen LogP contribution in [0.5, 0.6) is 0 Å². The molecule has 0 aromatic heterocycles. The molecule has 1 heterocycles. The lowest BCUT2D eigenvalue weighted by molar-refractivity contribution is 0.627. The van der Waals surface area contributed by atoms with E-state index < -0.39 is 0 Å². The molecule has 0 spiro atoms. The summed E-state index contributed by atoms with van der Waals surface area (Å²) in [5.41, 5.74) is 1.88. The summed E-state index contributed by atoms with van der Waals surface area (Å²) in [4.78, 5) is 4.40. The molecular formula is C12H15FN2. The highest BCUT2D eigenvalue weighted by atomic mass is 19.1. The molecule has 15 heavy (non-hydrogen) atoms. The van der Waals surface area contributed by atoms with Crippen LogP contribution in [0.1, 0.15) is 24.8 Å². The molecule has 0 fully saturated rings. The van der Waals surface area contributed by atoms with E-state index >= 15 is 0 Å². The standard InChI is InChI=1S/C12H15FN2/c1-9-8-10(13)5-6-11(9)15-12-4-2-3-7-14-12/h5-6,8H,2-4,7H2,1H3,(H,14,15). The lowest BCUT2D eigenvalue weighted by atomic mass is 10.1. The van der Waals surface area contributed by atoms with Crippen molar-refractivity contribution >= 4 is 11.5 Å². The third-order valence-corrected chi connectivity index (χ3v) is 2.59. The molecule has 1 aliphatic heterocycles. The molecule has 0 aliphatic carbocycles. The van der Waals surface area contributed by atoms with Gasteiger partial charge in [-0.05, 0) is 43.5 Å². The van der Waals surface area contributed by atoms with Crippen LogP contribution in [0.25, 0.3) is 0 Å². The first-order valence-electron chi connectivity index (χ1n) is 5.32. The maximum absolute atomic E-state index is 12.9. The summed E-state index contributed by atoms with van der Waals surface area (Å²) >= 11 is 0. The van der Waals surface area contributed by atoms with Crippen molar-refractivity contribution in [1.82, 2.24) is 0 Å². The van der Waals surface area contributed by atoms with Gasteiger partial charge in [-0.3, -0.25) is 4.99 Å². The van der Waals surface area contributed by atoms with E-state index in [4.69, 9.17) is 0 Å². The molecule has 0 amide bonds. The number of anilines is 1. The molecule has 0 bridgehead atoms. The van der Waals surface area contributed by atoms with Gasteiger partial charge in [0, 0.05) is 18.7 Å². The van der Waals surface area contributed by atoms with Crippen molar-refractivity contribution in [2.75, 3.05) is 11.9 Å². The molecule has 0 radical (unpaired) electrons. The predicted octanol–water partition coefficient (Wildman–Crippen LogP) is 3.13. The SMILES string of the molecule is Cc1cc(F)ccc1NC1=NCCCC1. The highest BCUT2D eigenvalue weighted by Crippen LogP contribution is 2.17.